The van der Waals surface area contributed by atoms with Gasteiger partial charge in [0.25, 0.3) is 0 Å². The van der Waals surface area contributed by atoms with Crippen LogP contribution in [0.25, 0.3) is 0 Å². The number of unbranched alkanes of at least 4 members (excludes halogenated alkanes) is 3. The molecule has 1 aliphatic carbocycles. The van der Waals surface area contributed by atoms with E-state index in [1.165, 1.54) is 19.3 Å². The van der Waals surface area contributed by atoms with Crippen LogP contribution in [0.15, 0.2) is 42.6 Å². The molecule has 0 bridgehead atoms. The third kappa shape index (κ3) is 6.49. The predicted octanol–water partition coefficient (Wildman–Crippen LogP) is 3.13. The van der Waals surface area contributed by atoms with Gasteiger partial charge in [0.2, 0.25) is 0 Å². The highest BCUT2D eigenvalue weighted by Gasteiger charge is 2.41. The number of aliphatic hydroxyl groups excluding tert-OH is 2. The molecule has 4 atom stereocenters. The Labute approximate surface area is 179 Å². The summed E-state index contributed by atoms with van der Waals surface area (Å²) in [5, 5.41) is 24.0. The minimum atomic E-state index is -0.476. The summed E-state index contributed by atoms with van der Waals surface area (Å²) in [6.07, 6.45) is 7.52. The summed E-state index contributed by atoms with van der Waals surface area (Å²) in [6.45, 7) is 3.47. The molecule has 2 aromatic rings. The molecule has 30 heavy (non-hydrogen) atoms. The summed E-state index contributed by atoms with van der Waals surface area (Å²) in [5.41, 5.74) is 0.923. The average molecular weight is 414 g/mol. The molecule has 6 heteroatoms. The van der Waals surface area contributed by atoms with Crippen molar-refractivity contribution in [3.05, 3.63) is 54.1 Å². The van der Waals surface area contributed by atoms with E-state index < -0.39 is 6.10 Å². The number of para-hydroxylation sites is 1. The molecule has 0 radical (unpaired) electrons. The molecular formula is C24H35N3O3. The molecule has 1 aromatic carbocycles. The Morgan fingerprint density at radius 1 is 1.10 bits per heavy atom. The molecular weight excluding hydrogens is 378 g/mol. The third-order valence-corrected chi connectivity index (χ3v) is 6.02. The van der Waals surface area contributed by atoms with Crippen molar-refractivity contribution in [3.8, 4) is 5.75 Å². The second kappa shape index (κ2) is 12.0. The number of nitrogens with zero attached hydrogens (tertiary/aromatic N) is 2. The first-order valence-electron chi connectivity index (χ1n) is 11.2. The molecule has 164 valence electrons. The lowest BCUT2D eigenvalue weighted by molar-refractivity contribution is 0.0716. The third-order valence-electron chi connectivity index (χ3n) is 6.02. The normalized spacial score (nSPS) is 23.6. The molecule has 0 amide bonds. The number of hydrogen-bond donors (Lipinski definition) is 3. The van der Waals surface area contributed by atoms with Gasteiger partial charge < -0.3 is 20.3 Å². The monoisotopic (exact) mass is 413 g/mol. The molecule has 3 rings (SSSR count). The van der Waals surface area contributed by atoms with Gasteiger partial charge in [0.1, 0.15) is 12.4 Å². The van der Waals surface area contributed by atoms with Crippen molar-refractivity contribution in [2.24, 2.45) is 11.8 Å². The largest absolute Gasteiger partial charge is 0.486 e. The predicted molar refractivity (Wildman–Crippen MR) is 117 cm³/mol. The molecule has 0 spiro atoms. The number of rotatable bonds is 12. The van der Waals surface area contributed by atoms with E-state index in [9.17, 15) is 10.2 Å². The first kappa shape index (κ1) is 22.7. The van der Waals surface area contributed by atoms with Crippen molar-refractivity contribution in [3.63, 3.8) is 0 Å². The highest BCUT2D eigenvalue weighted by molar-refractivity contribution is 5.21. The van der Waals surface area contributed by atoms with Gasteiger partial charge in [0, 0.05) is 30.5 Å². The van der Waals surface area contributed by atoms with E-state index in [2.05, 4.69) is 22.2 Å². The Morgan fingerprint density at radius 3 is 2.70 bits per heavy atom. The summed E-state index contributed by atoms with van der Waals surface area (Å²) >= 11 is 0. The molecule has 6 nitrogen and oxygen atoms in total. The minimum absolute atomic E-state index is 0.00505. The summed E-state index contributed by atoms with van der Waals surface area (Å²) in [6, 6.07) is 11.7. The second-order valence-corrected chi connectivity index (χ2v) is 8.20. The van der Waals surface area contributed by atoms with Crippen molar-refractivity contribution in [1.29, 1.82) is 0 Å². The van der Waals surface area contributed by atoms with Crippen LogP contribution in [0, 0.1) is 11.8 Å². The molecule has 1 aromatic heterocycles. The molecule has 3 N–H and O–H groups in total. The first-order valence-corrected chi connectivity index (χ1v) is 11.2. The minimum Gasteiger partial charge on any atom is -0.486 e. The van der Waals surface area contributed by atoms with E-state index in [0.717, 1.165) is 24.4 Å². The number of nitrogens with one attached hydrogen (secondary N) is 1. The molecule has 0 aliphatic heterocycles. The maximum atomic E-state index is 10.5. The van der Waals surface area contributed by atoms with Crippen LogP contribution < -0.4 is 10.1 Å². The lowest BCUT2D eigenvalue weighted by atomic mass is 9.88. The van der Waals surface area contributed by atoms with Gasteiger partial charge >= 0.3 is 0 Å². The zero-order valence-electron chi connectivity index (χ0n) is 17.9. The summed E-state index contributed by atoms with van der Waals surface area (Å²) < 4.78 is 5.77. The number of aliphatic hydroxyl groups is 2. The van der Waals surface area contributed by atoms with Crippen LogP contribution in [-0.2, 0) is 13.0 Å². The number of benzene rings is 1. The van der Waals surface area contributed by atoms with Gasteiger partial charge in [-0.2, -0.15) is 0 Å². The van der Waals surface area contributed by atoms with Gasteiger partial charge in [0.05, 0.1) is 6.10 Å². The molecule has 0 unspecified atom stereocenters. The maximum absolute atomic E-state index is 10.5. The summed E-state index contributed by atoms with van der Waals surface area (Å²) in [4.78, 5) is 9.00. The number of hydrogen-bond acceptors (Lipinski definition) is 6. The topological polar surface area (TPSA) is 87.5 Å². The van der Waals surface area contributed by atoms with Gasteiger partial charge in [0.15, 0.2) is 5.82 Å². The van der Waals surface area contributed by atoms with Gasteiger partial charge in [-0.3, -0.25) is 0 Å². The van der Waals surface area contributed by atoms with E-state index in [1.807, 2.05) is 36.4 Å². The van der Waals surface area contributed by atoms with Crippen molar-refractivity contribution in [2.45, 2.75) is 64.2 Å². The van der Waals surface area contributed by atoms with Crippen LogP contribution in [0.5, 0.6) is 5.75 Å². The average Bonchev–Trinajstić information content (AvgIpc) is 3.07. The van der Waals surface area contributed by atoms with Crippen LogP contribution in [0.2, 0.25) is 0 Å². The van der Waals surface area contributed by atoms with Crippen LogP contribution in [-0.4, -0.2) is 45.5 Å². The van der Waals surface area contributed by atoms with Crippen LogP contribution >= 0.6 is 0 Å². The smallest absolute Gasteiger partial charge is 0.166 e. The molecule has 1 aliphatic rings. The van der Waals surface area contributed by atoms with Gasteiger partial charge in [-0.1, -0.05) is 44.4 Å². The Hall–Kier alpha value is -2.02. The lowest BCUT2D eigenvalue weighted by Crippen LogP contribution is -2.37. The second-order valence-electron chi connectivity index (χ2n) is 8.20. The van der Waals surface area contributed by atoms with Crippen molar-refractivity contribution in [1.82, 2.24) is 15.3 Å². The van der Waals surface area contributed by atoms with Crippen LogP contribution in [0.4, 0.5) is 0 Å². The van der Waals surface area contributed by atoms with Crippen molar-refractivity contribution < 1.29 is 14.9 Å². The van der Waals surface area contributed by atoms with E-state index in [-0.39, 0.29) is 24.5 Å². The van der Waals surface area contributed by atoms with Crippen LogP contribution in [0.1, 0.15) is 50.5 Å². The van der Waals surface area contributed by atoms with Gasteiger partial charge in [-0.15, -0.1) is 0 Å². The fourth-order valence-electron chi connectivity index (χ4n) is 4.35. The van der Waals surface area contributed by atoms with E-state index in [4.69, 9.17) is 4.74 Å². The SMILES string of the molecule is CCCCCCN[C@@H]1C[C@@H](O)[C@H](CO)[C@H]1Cc1ccnc(COc2ccccc2)n1. The molecule has 1 saturated carbocycles. The standard InChI is InChI=1S/C24H35N3O3/c1-2-3-4-8-12-25-22-15-23(29)21(16-28)20(22)14-18-11-13-26-24(27-18)17-30-19-9-6-5-7-10-19/h5-7,9-11,13,20-23,25,28-29H,2-4,8,12,14-17H2,1H3/t20-,21-,22-,23-/m1/s1. The quantitative estimate of drug-likeness (QED) is 0.464. The van der Waals surface area contributed by atoms with Crippen LogP contribution in [0.3, 0.4) is 0 Å². The molecule has 1 heterocycles. The van der Waals surface area contributed by atoms with E-state index >= 15 is 0 Å². The highest BCUT2D eigenvalue weighted by Crippen LogP contribution is 2.34. The van der Waals surface area contributed by atoms with Gasteiger partial charge in [-0.05, 0) is 49.9 Å². The summed E-state index contributed by atoms with van der Waals surface area (Å²) in [7, 11) is 0. The number of ether oxygens (including phenoxy) is 1. The zero-order chi connectivity index (χ0) is 21.2. The lowest BCUT2D eigenvalue weighted by Gasteiger charge is -2.25. The Balaban J connectivity index is 1.59. The van der Waals surface area contributed by atoms with Crippen molar-refractivity contribution in [2.75, 3.05) is 13.2 Å². The molecule has 0 saturated heterocycles. The first-order chi connectivity index (χ1) is 14.7. The Morgan fingerprint density at radius 2 is 1.93 bits per heavy atom. The Kier molecular flexibility index (Phi) is 9.05. The zero-order valence-corrected chi connectivity index (χ0v) is 17.9. The highest BCUT2D eigenvalue weighted by atomic mass is 16.5. The summed E-state index contributed by atoms with van der Waals surface area (Å²) in [5.74, 6) is 1.45. The maximum Gasteiger partial charge on any atom is 0.166 e. The van der Waals surface area contributed by atoms with Gasteiger partial charge in [-0.25, -0.2) is 9.97 Å². The molecule has 1 fully saturated rings. The van der Waals surface area contributed by atoms with E-state index in [0.29, 0.717) is 25.3 Å². The number of aromatic nitrogens is 2. The van der Waals surface area contributed by atoms with Crippen molar-refractivity contribution >= 4 is 0 Å². The fraction of sp³-hybridized carbons (Fsp3) is 0.583. The Bertz CT molecular complexity index is 743. The van der Waals surface area contributed by atoms with E-state index in [1.54, 1.807) is 6.20 Å². The fourth-order valence-corrected chi connectivity index (χ4v) is 4.35.